The summed E-state index contributed by atoms with van der Waals surface area (Å²) in [5.41, 5.74) is 4.48. The molecular formula is C19H18N2S. The summed E-state index contributed by atoms with van der Waals surface area (Å²) in [6, 6.07) is 12.6. The second-order valence-corrected chi connectivity index (χ2v) is 6.40. The number of hydrogen-bond acceptors (Lipinski definition) is 3. The van der Waals surface area contributed by atoms with Crippen LogP contribution in [0.3, 0.4) is 0 Å². The highest BCUT2D eigenvalue weighted by Gasteiger charge is 2.11. The standard InChI is InChI=1S/C19H18N2S/c1-3-16-6-4-5-7-18(16)19-11-9-15(12-20-19)8-10-17-13-22-14(2)21-17/h4-7,9,11-12,17H,3,13H2,1-2H3. The summed E-state index contributed by atoms with van der Waals surface area (Å²) in [6.07, 6.45) is 2.86. The van der Waals surface area contributed by atoms with Crippen molar-refractivity contribution in [1.29, 1.82) is 0 Å². The van der Waals surface area contributed by atoms with E-state index in [9.17, 15) is 0 Å². The number of nitrogens with zero attached hydrogens (tertiary/aromatic N) is 2. The van der Waals surface area contributed by atoms with E-state index in [-0.39, 0.29) is 6.04 Å². The van der Waals surface area contributed by atoms with Gasteiger partial charge in [-0.05, 0) is 31.0 Å². The second kappa shape index (κ2) is 6.81. The largest absolute Gasteiger partial charge is 0.266 e. The Balaban J connectivity index is 1.80. The van der Waals surface area contributed by atoms with Crippen molar-refractivity contribution in [1.82, 2.24) is 4.98 Å². The van der Waals surface area contributed by atoms with E-state index >= 15 is 0 Å². The molecule has 110 valence electrons. The van der Waals surface area contributed by atoms with Crippen LogP contribution in [-0.4, -0.2) is 21.8 Å². The molecule has 0 aliphatic carbocycles. The fourth-order valence-corrected chi connectivity index (χ4v) is 3.20. The fraction of sp³-hybridized carbons (Fsp3) is 0.263. The molecule has 0 fully saturated rings. The average molecular weight is 306 g/mol. The Bertz CT molecular complexity index is 751. The zero-order chi connectivity index (χ0) is 15.4. The van der Waals surface area contributed by atoms with Crippen molar-refractivity contribution in [2.75, 3.05) is 5.75 Å². The molecule has 1 atom stereocenters. The molecule has 0 N–H and O–H groups in total. The number of aryl methyl sites for hydroxylation is 1. The quantitative estimate of drug-likeness (QED) is 0.777. The van der Waals surface area contributed by atoms with Crippen molar-refractivity contribution in [3.63, 3.8) is 0 Å². The van der Waals surface area contributed by atoms with Gasteiger partial charge in [-0.15, -0.1) is 11.8 Å². The summed E-state index contributed by atoms with van der Waals surface area (Å²) in [4.78, 5) is 9.05. The molecule has 0 bridgehead atoms. The molecule has 1 aromatic carbocycles. The maximum Gasteiger partial charge on any atom is 0.121 e. The molecule has 1 aliphatic heterocycles. The van der Waals surface area contributed by atoms with Gasteiger partial charge in [-0.3, -0.25) is 9.98 Å². The first-order valence-corrected chi connectivity index (χ1v) is 8.48. The first-order chi connectivity index (χ1) is 10.8. The first-order valence-electron chi connectivity index (χ1n) is 7.49. The highest BCUT2D eigenvalue weighted by atomic mass is 32.2. The molecule has 22 heavy (non-hydrogen) atoms. The molecule has 3 heteroatoms. The van der Waals surface area contributed by atoms with Crippen LogP contribution >= 0.6 is 11.8 Å². The van der Waals surface area contributed by atoms with E-state index in [4.69, 9.17) is 0 Å². The van der Waals surface area contributed by atoms with Crippen molar-refractivity contribution < 1.29 is 0 Å². The van der Waals surface area contributed by atoms with Crippen LogP contribution in [0.1, 0.15) is 25.0 Å². The van der Waals surface area contributed by atoms with Gasteiger partial charge in [0.2, 0.25) is 0 Å². The van der Waals surface area contributed by atoms with E-state index in [1.807, 2.05) is 19.2 Å². The highest BCUT2D eigenvalue weighted by Crippen LogP contribution is 2.22. The van der Waals surface area contributed by atoms with Gasteiger partial charge in [0.15, 0.2) is 0 Å². The van der Waals surface area contributed by atoms with Gasteiger partial charge in [0.1, 0.15) is 6.04 Å². The van der Waals surface area contributed by atoms with E-state index < -0.39 is 0 Å². The predicted molar refractivity (Wildman–Crippen MR) is 95.3 cm³/mol. The summed E-state index contributed by atoms with van der Waals surface area (Å²) in [5, 5.41) is 1.13. The van der Waals surface area contributed by atoms with Gasteiger partial charge >= 0.3 is 0 Å². The fourth-order valence-electron chi connectivity index (χ4n) is 2.44. The van der Waals surface area contributed by atoms with Crippen molar-refractivity contribution in [3.05, 3.63) is 53.7 Å². The molecule has 0 saturated carbocycles. The Morgan fingerprint density at radius 3 is 2.77 bits per heavy atom. The van der Waals surface area contributed by atoms with Gasteiger partial charge < -0.3 is 0 Å². The van der Waals surface area contributed by atoms with E-state index in [1.54, 1.807) is 11.8 Å². The van der Waals surface area contributed by atoms with Gasteiger partial charge in [-0.1, -0.05) is 43.0 Å². The minimum Gasteiger partial charge on any atom is -0.266 e. The van der Waals surface area contributed by atoms with Gasteiger partial charge in [-0.2, -0.15) is 0 Å². The Hall–Kier alpha value is -2.05. The van der Waals surface area contributed by atoms with E-state index in [1.165, 1.54) is 11.1 Å². The number of aliphatic imine (C=N–C) groups is 1. The Morgan fingerprint density at radius 1 is 1.23 bits per heavy atom. The number of pyridine rings is 1. The molecule has 0 amide bonds. The number of thioether (sulfide) groups is 1. The molecule has 1 unspecified atom stereocenters. The summed E-state index contributed by atoms with van der Waals surface area (Å²) in [6.45, 7) is 4.20. The summed E-state index contributed by atoms with van der Waals surface area (Å²) < 4.78 is 0. The number of hydrogen-bond donors (Lipinski definition) is 0. The lowest BCUT2D eigenvalue weighted by Gasteiger charge is -2.06. The van der Waals surface area contributed by atoms with Crippen LogP contribution in [-0.2, 0) is 6.42 Å². The number of aromatic nitrogens is 1. The molecule has 2 heterocycles. The average Bonchev–Trinajstić information content (AvgIpc) is 2.99. The lowest BCUT2D eigenvalue weighted by Crippen LogP contribution is -1.98. The van der Waals surface area contributed by atoms with Gasteiger partial charge in [0, 0.05) is 23.1 Å². The van der Waals surface area contributed by atoms with Crippen LogP contribution in [0.25, 0.3) is 11.3 Å². The van der Waals surface area contributed by atoms with E-state index in [0.29, 0.717) is 0 Å². The minimum atomic E-state index is 0.130. The molecule has 0 saturated heterocycles. The molecular weight excluding hydrogens is 288 g/mol. The van der Waals surface area contributed by atoms with Crippen LogP contribution in [0.2, 0.25) is 0 Å². The molecule has 1 aromatic heterocycles. The topological polar surface area (TPSA) is 25.2 Å². The molecule has 2 aromatic rings. The number of rotatable bonds is 2. The first kappa shape index (κ1) is 14.9. The molecule has 1 aliphatic rings. The van der Waals surface area contributed by atoms with Crippen molar-refractivity contribution in [2.45, 2.75) is 26.3 Å². The van der Waals surface area contributed by atoms with Gasteiger partial charge in [-0.25, -0.2) is 0 Å². The third-order valence-electron chi connectivity index (χ3n) is 3.61. The Kier molecular flexibility index (Phi) is 4.60. The summed E-state index contributed by atoms with van der Waals surface area (Å²) in [5.74, 6) is 7.36. The maximum absolute atomic E-state index is 4.57. The maximum atomic E-state index is 4.57. The van der Waals surface area contributed by atoms with Crippen molar-refractivity contribution in [3.8, 4) is 23.1 Å². The molecule has 0 radical (unpaired) electrons. The normalized spacial score (nSPS) is 16.8. The SMILES string of the molecule is CCc1ccccc1-c1ccc(C#CC2CSC(C)=N2)cn1. The Labute approximate surface area is 136 Å². The van der Waals surface area contributed by atoms with Crippen molar-refractivity contribution >= 4 is 16.8 Å². The zero-order valence-corrected chi connectivity index (χ0v) is 13.7. The lowest BCUT2D eigenvalue weighted by molar-refractivity contribution is 0.994. The van der Waals surface area contributed by atoms with Crippen LogP contribution in [0.4, 0.5) is 0 Å². The third-order valence-corrected chi connectivity index (χ3v) is 4.61. The zero-order valence-electron chi connectivity index (χ0n) is 12.8. The van der Waals surface area contributed by atoms with Crippen molar-refractivity contribution in [2.24, 2.45) is 4.99 Å². The van der Waals surface area contributed by atoms with Gasteiger partial charge in [0.05, 0.1) is 10.7 Å². The smallest absolute Gasteiger partial charge is 0.121 e. The minimum absolute atomic E-state index is 0.130. The summed E-state index contributed by atoms with van der Waals surface area (Å²) >= 11 is 1.78. The second-order valence-electron chi connectivity index (χ2n) is 5.19. The van der Waals surface area contributed by atoms with Crippen LogP contribution in [0.5, 0.6) is 0 Å². The lowest BCUT2D eigenvalue weighted by atomic mass is 10.0. The monoisotopic (exact) mass is 306 g/mol. The van der Waals surface area contributed by atoms with Gasteiger partial charge in [0.25, 0.3) is 0 Å². The van der Waals surface area contributed by atoms with Crippen LogP contribution in [0, 0.1) is 11.8 Å². The molecule has 0 spiro atoms. The summed E-state index contributed by atoms with van der Waals surface area (Å²) in [7, 11) is 0. The predicted octanol–water partition coefficient (Wildman–Crippen LogP) is 4.20. The molecule has 3 rings (SSSR count). The highest BCUT2D eigenvalue weighted by molar-refractivity contribution is 8.14. The Morgan fingerprint density at radius 2 is 2.09 bits per heavy atom. The number of benzene rings is 1. The van der Waals surface area contributed by atoms with Crippen LogP contribution in [0.15, 0.2) is 47.6 Å². The third kappa shape index (κ3) is 3.40. The van der Waals surface area contributed by atoms with Crippen LogP contribution < -0.4 is 0 Å². The van der Waals surface area contributed by atoms with E-state index in [0.717, 1.165) is 28.5 Å². The van der Waals surface area contributed by atoms with E-state index in [2.05, 4.69) is 59.1 Å². The molecule has 2 nitrogen and oxygen atoms in total.